The highest BCUT2D eigenvalue weighted by Crippen LogP contribution is 2.38. The summed E-state index contributed by atoms with van der Waals surface area (Å²) >= 11 is 0. The molecule has 1 aliphatic heterocycles. The van der Waals surface area contributed by atoms with Crippen molar-refractivity contribution in [3.05, 3.63) is 35.6 Å². The Labute approximate surface area is 126 Å². The molecule has 1 saturated heterocycles. The number of rotatable bonds is 4. The largest absolute Gasteiger partial charge is 0.417 e. The van der Waals surface area contributed by atoms with Crippen LogP contribution in [0.1, 0.15) is 18.4 Å². The average Bonchev–Trinajstić information content (AvgIpc) is 2.46. The molecule has 0 bridgehead atoms. The zero-order valence-electron chi connectivity index (χ0n) is 12.1. The van der Waals surface area contributed by atoms with E-state index in [0.717, 1.165) is 0 Å². The van der Waals surface area contributed by atoms with Crippen molar-refractivity contribution in [3.8, 4) is 0 Å². The Morgan fingerprint density at radius 3 is 2.32 bits per heavy atom. The molecule has 1 fully saturated rings. The van der Waals surface area contributed by atoms with E-state index in [9.17, 15) is 22.7 Å². The van der Waals surface area contributed by atoms with Crippen LogP contribution in [-0.4, -0.2) is 47.5 Å². The highest BCUT2D eigenvalue weighted by molar-refractivity contribution is 5.18. The number of benzene rings is 1. The number of nitrogens with zero attached hydrogens (tertiary/aromatic N) is 1. The van der Waals surface area contributed by atoms with Gasteiger partial charge >= 0.3 is 6.18 Å². The van der Waals surface area contributed by atoms with Gasteiger partial charge in [-0.25, -0.2) is 4.39 Å². The lowest BCUT2D eigenvalue weighted by Gasteiger charge is -2.42. The van der Waals surface area contributed by atoms with E-state index in [2.05, 4.69) is 0 Å². The van der Waals surface area contributed by atoms with Crippen LogP contribution in [0.15, 0.2) is 24.3 Å². The molecule has 2 rings (SSSR count). The Bertz CT molecular complexity index is 499. The summed E-state index contributed by atoms with van der Waals surface area (Å²) in [6, 6.07) is 6.05. The molecule has 0 saturated carbocycles. The molecule has 3 N–H and O–H groups in total. The van der Waals surface area contributed by atoms with Gasteiger partial charge in [-0.2, -0.15) is 13.2 Å². The number of likely N-dealkylation sites (tertiary alicyclic amines) is 1. The number of hydrogen-bond acceptors (Lipinski definition) is 3. The predicted molar refractivity (Wildman–Crippen MR) is 74.8 cm³/mol. The van der Waals surface area contributed by atoms with E-state index < -0.39 is 11.8 Å². The molecule has 124 valence electrons. The average molecular weight is 320 g/mol. The van der Waals surface area contributed by atoms with E-state index >= 15 is 0 Å². The van der Waals surface area contributed by atoms with Crippen LogP contribution in [-0.2, 0) is 6.42 Å². The summed E-state index contributed by atoms with van der Waals surface area (Å²) in [6.07, 6.45) is -5.05. The van der Waals surface area contributed by atoms with Crippen LogP contribution in [0.4, 0.5) is 17.6 Å². The lowest BCUT2D eigenvalue weighted by atomic mass is 9.89. The second kappa shape index (κ2) is 6.52. The molecule has 3 nitrogen and oxygen atoms in total. The zero-order valence-corrected chi connectivity index (χ0v) is 12.1. The van der Waals surface area contributed by atoms with Gasteiger partial charge in [0.1, 0.15) is 5.82 Å². The second-order valence-corrected chi connectivity index (χ2v) is 5.75. The highest BCUT2D eigenvalue weighted by Gasteiger charge is 2.54. The quantitative estimate of drug-likeness (QED) is 0.835. The Balaban J connectivity index is 2.01. The molecule has 0 radical (unpaired) electrons. The van der Waals surface area contributed by atoms with Crippen LogP contribution < -0.4 is 5.73 Å². The normalized spacial score (nSPS) is 20.8. The van der Waals surface area contributed by atoms with Crippen molar-refractivity contribution in [2.45, 2.75) is 37.1 Å². The Morgan fingerprint density at radius 2 is 1.82 bits per heavy atom. The van der Waals surface area contributed by atoms with E-state index in [1.807, 2.05) is 0 Å². The molecule has 22 heavy (non-hydrogen) atoms. The van der Waals surface area contributed by atoms with Crippen molar-refractivity contribution in [2.75, 3.05) is 19.6 Å². The van der Waals surface area contributed by atoms with Crippen molar-refractivity contribution >= 4 is 0 Å². The van der Waals surface area contributed by atoms with E-state index in [-0.39, 0.29) is 44.3 Å². The number of alkyl halides is 3. The van der Waals surface area contributed by atoms with Gasteiger partial charge in [0.2, 0.25) is 0 Å². The molecule has 7 heteroatoms. The molecule has 0 amide bonds. The lowest BCUT2D eigenvalue weighted by Crippen LogP contribution is -2.56. The minimum Gasteiger partial charge on any atom is -0.380 e. The van der Waals surface area contributed by atoms with Crippen molar-refractivity contribution in [3.63, 3.8) is 0 Å². The fraction of sp³-hybridized carbons (Fsp3) is 0.600. The summed E-state index contributed by atoms with van der Waals surface area (Å²) in [7, 11) is 0. The van der Waals surface area contributed by atoms with Crippen LogP contribution in [0, 0.1) is 5.82 Å². The van der Waals surface area contributed by atoms with Crippen molar-refractivity contribution in [1.82, 2.24) is 4.90 Å². The molecule has 0 unspecified atom stereocenters. The van der Waals surface area contributed by atoms with Gasteiger partial charge in [0.05, 0.1) is 0 Å². The van der Waals surface area contributed by atoms with Gasteiger partial charge in [-0.3, -0.25) is 4.90 Å². The first-order valence-electron chi connectivity index (χ1n) is 7.23. The minimum atomic E-state index is -4.62. The maximum Gasteiger partial charge on any atom is 0.417 e. The van der Waals surface area contributed by atoms with Gasteiger partial charge in [-0.1, -0.05) is 18.2 Å². The third kappa shape index (κ3) is 3.59. The predicted octanol–water partition coefficient (Wildman–Crippen LogP) is 2.08. The molecule has 0 spiro atoms. The van der Waals surface area contributed by atoms with Gasteiger partial charge in [0.15, 0.2) is 5.60 Å². The zero-order chi connectivity index (χ0) is 16.4. The van der Waals surface area contributed by atoms with E-state index in [4.69, 9.17) is 5.73 Å². The third-order valence-corrected chi connectivity index (χ3v) is 4.35. The molecule has 1 atom stereocenters. The molecule has 1 aliphatic rings. The summed E-state index contributed by atoms with van der Waals surface area (Å²) < 4.78 is 52.1. The van der Waals surface area contributed by atoms with E-state index in [1.165, 1.54) is 6.07 Å². The molecule has 1 aromatic rings. The SMILES string of the molecule is NC[C@@H](Cc1ccccc1F)N1CCC(O)(C(F)(F)F)CC1. The van der Waals surface area contributed by atoms with Gasteiger partial charge < -0.3 is 10.8 Å². The van der Waals surface area contributed by atoms with Gasteiger partial charge in [-0.05, 0) is 30.9 Å². The standard InChI is InChI=1S/C15H20F4N2O/c16-13-4-2-1-3-11(13)9-12(10-20)21-7-5-14(22,6-8-21)15(17,18)19/h1-4,12,22H,5-10,20H2/t12-/m1/s1. The topological polar surface area (TPSA) is 49.5 Å². The first kappa shape index (κ1) is 17.2. The van der Waals surface area contributed by atoms with Crippen molar-refractivity contribution in [2.24, 2.45) is 5.73 Å². The Kier molecular flexibility index (Phi) is 5.09. The smallest absolute Gasteiger partial charge is 0.380 e. The lowest BCUT2D eigenvalue weighted by molar-refractivity contribution is -0.273. The molecule has 1 heterocycles. The molecular formula is C15H20F4N2O. The Morgan fingerprint density at radius 1 is 1.23 bits per heavy atom. The maximum atomic E-state index is 13.7. The summed E-state index contributed by atoms with van der Waals surface area (Å²) in [5.74, 6) is -0.343. The first-order chi connectivity index (χ1) is 10.3. The van der Waals surface area contributed by atoms with Crippen LogP contribution >= 0.6 is 0 Å². The summed E-state index contributed by atoms with van der Waals surface area (Å²) in [5.41, 5.74) is 3.58. The van der Waals surface area contributed by atoms with Gasteiger partial charge in [-0.15, -0.1) is 0 Å². The van der Waals surface area contributed by atoms with E-state index in [0.29, 0.717) is 12.0 Å². The summed E-state index contributed by atoms with van der Waals surface area (Å²) in [6.45, 7) is 0.400. The highest BCUT2D eigenvalue weighted by atomic mass is 19.4. The fourth-order valence-corrected chi connectivity index (χ4v) is 2.82. The number of piperidine rings is 1. The van der Waals surface area contributed by atoms with Crippen molar-refractivity contribution < 1.29 is 22.7 Å². The van der Waals surface area contributed by atoms with Crippen LogP contribution in [0.25, 0.3) is 0 Å². The van der Waals surface area contributed by atoms with Gasteiger partial charge in [0.25, 0.3) is 0 Å². The number of hydrogen-bond donors (Lipinski definition) is 2. The van der Waals surface area contributed by atoms with E-state index in [1.54, 1.807) is 23.1 Å². The number of nitrogens with two attached hydrogens (primary N) is 1. The van der Waals surface area contributed by atoms with Crippen LogP contribution in [0.3, 0.4) is 0 Å². The second-order valence-electron chi connectivity index (χ2n) is 5.75. The molecule has 0 aromatic heterocycles. The monoisotopic (exact) mass is 320 g/mol. The van der Waals surface area contributed by atoms with Gasteiger partial charge in [0, 0.05) is 25.7 Å². The van der Waals surface area contributed by atoms with Crippen LogP contribution in [0.5, 0.6) is 0 Å². The summed E-state index contributed by atoms with van der Waals surface area (Å²) in [4.78, 5) is 1.80. The Hall–Kier alpha value is -1.18. The minimum absolute atomic E-state index is 0.0896. The first-order valence-corrected chi connectivity index (χ1v) is 7.23. The molecule has 1 aromatic carbocycles. The van der Waals surface area contributed by atoms with Crippen LogP contribution in [0.2, 0.25) is 0 Å². The summed E-state index contributed by atoms with van der Waals surface area (Å²) in [5, 5.41) is 9.67. The number of aliphatic hydroxyl groups is 1. The number of halogens is 4. The van der Waals surface area contributed by atoms with Crippen molar-refractivity contribution in [1.29, 1.82) is 0 Å². The maximum absolute atomic E-state index is 13.7. The fourth-order valence-electron chi connectivity index (χ4n) is 2.82. The molecular weight excluding hydrogens is 300 g/mol. The third-order valence-electron chi connectivity index (χ3n) is 4.35. The molecule has 0 aliphatic carbocycles.